The molecule has 1 aliphatic rings. The summed E-state index contributed by atoms with van der Waals surface area (Å²) >= 11 is 0. The summed E-state index contributed by atoms with van der Waals surface area (Å²) in [4.78, 5) is 38.2. The Balaban J connectivity index is 1.84. The van der Waals surface area contributed by atoms with Gasteiger partial charge in [-0.1, -0.05) is 0 Å². The van der Waals surface area contributed by atoms with Crippen LogP contribution in [0.3, 0.4) is 0 Å². The number of likely N-dealkylation sites (N-methyl/N-ethyl adjacent to an activating group) is 1. The predicted octanol–water partition coefficient (Wildman–Crippen LogP) is 1.40. The smallest absolute Gasteiger partial charge is 0.309 e. The molecule has 0 spiro atoms. The monoisotopic (exact) mass is 497 g/mol. The van der Waals surface area contributed by atoms with Gasteiger partial charge in [-0.25, -0.2) is 8.42 Å². The van der Waals surface area contributed by atoms with Crippen LogP contribution in [0.25, 0.3) is 0 Å². The zero-order chi connectivity index (χ0) is 25.3. The fourth-order valence-electron chi connectivity index (χ4n) is 3.61. The highest BCUT2D eigenvalue weighted by molar-refractivity contribution is 7.89. The number of rotatable bonds is 11. The fraction of sp³-hybridized carbons (Fsp3) is 0.609. The molecular formula is C23H35N3O7S. The van der Waals surface area contributed by atoms with Gasteiger partial charge in [-0.15, -0.1) is 0 Å². The van der Waals surface area contributed by atoms with E-state index in [1.165, 1.54) is 21.3 Å². The van der Waals surface area contributed by atoms with Crippen molar-refractivity contribution in [3.63, 3.8) is 0 Å². The van der Waals surface area contributed by atoms with Gasteiger partial charge in [0, 0.05) is 25.7 Å². The Morgan fingerprint density at radius 1 is 1.12 bits per heavy atom. The maximum Gasteiger partial charge on any atom is 0.309 e. The van der Waals surface area contributed by atoms with E-state index in [2.05, 4.69) is 5.32 Å². The minimum Gasteiger partial charge on any atom is -0.494 e. The Morgan fingerprint density at radius 3 is 2.26 bits per heavy atom. The van der Waals surface area contributed by atoms with Crippen molar-refractivity contribution in [2.45, 2.75) is 51.5 Å². The van der Waals surface area contributed by atoms with Gasteiger partial charge in [0.15, 0.2) is 6.61 Å². The van der Waals surface area contributed by atoms with E-state index < -0.39 is 34.4 Å². The van der Waals surface area contributed by atoms with Crippen molar-refractivity contribution in [2.24, 2.45) is 5.92 Å². The van der Waals surface area contributed by atoms with E-state index >= 15 is 0 Å². The van der Waals surface area contributed by atoms with Crippen LogP contribution >= 0.6 is 0 Å². The molecule has 190 valence electrons. The zero-order valence-electron chi connectivity index (χ0n) is 20.3. The largest absolute Gasteiger partial charge is 0.494 e. The quantitative estimate of drug-likeness (QED) is 0.459. The second-order valence-corrected chi connectivity index (χ2v) is 10.3. The minimum atomic E-state index is -3.68. The van der Waals surface area contributed by atoms with E-state index in [1.54, 1.807) is 19.1 Å². The number of benzene rings is 1. The molecule has 11 heteroatoms. The van der Waals surface area contributed by atoms with Crippen LogP contribution in [-0.2, 0) is 29.1 Å². The molecule has 1 aliphatic heterocycles. The van der Waals surface area contributed by atoms with Crippen LogP contribution < -0.4 is 10.1 Å². The zero-order valence-corrected chi connectivity index (χ0v) is 21.1. The first-order valence-electron chi connectivity index (χ1n) is 11.5. The summed E-state index contributed by atoms with van der Waals surface area (Å²) in [5, 5.41) is 2.71. The summed E-state index contributed by atoms with van der Waals surface area (Å²) in [6, 6.07) is 6.20. The number of piperidine rings is 1. The molecule has 1 heterocycles. The average molecular weight is 498 g/mol. The molecule has 10 nitrogen and oxygen atoms in total. The number of amides is 2. The number of carbonyl (C=O) groups is 3. The second kappa shape index (κ2) is 12.7. The summed E-state index contributed by atoms with van der Waals surface area (Å²) in [5.41, 5.74) is 0. The van der Waals surface area contributed by atoms with E-state index in [0.717, 1.165) is 0 Å². The number of nitrogens with zero attached hydrogens (tertiary/aromatic N) is 2. The van der Waals surface area contributed by atoms with Gasteiger partial charge in [0.2, 0.25) is 15.9 Å². The van der Waals surface area contributed by atoms with Crippen LogP contribution in [0, 0.1) is 5.92 Å². The van der Waals surface area contributed by atoms with Gasteiger partial charge in [0.05, 0.1) is 24.0 Å². The molecule has 2 rings (SSSR count). The Bertz CT molecular complexity index is 940. The van der Waals surface area contributed by atoms with Gasteiger partial charge in [-0.05, 0) is 64.8 Å². The highest BCUT2D eigenvalue weighted by atomic mass is 32.2. The van der Waals surface area contributed by atoms with E-state index in [-0.39, 0.29) is 36.5 Å². The third-order valence-electron chi connectivity index (χ3n) is 5.42. The lowest BCUT2D eigenvalue weighted by Gasteiger charge is -2.30. The van der Waals surface area contributed by atoms with Crippen LogP contribution in [0.2, 0.25) is 0 Å². The summed E-state index contributed by atoms with van der Waals surface area (Å²) in [6.45, 7) is 7.84. The predicted molar refractivity (Wildman–Crippen MR) is 126 cm³/mol. The van der Waals surface area contributed by atoms with Gasteiger partial charge in [-0.3, -0.25) is 14.4 Å². The van der Waals surface area contributed by atoms with Crippen molar-refractivity contribution >= 4 is 27.8 Å². The Morgan fingerprint density at radius 2 is 1.74 bits per heavy atom. The highest BCUT2D eigenvalue weighted by Crippen LogP contribution is 2.25. The summed E-state index contributed by atoms with van der Waals surface area (Å²) in [5.74, 6) is -1.16. The van der Waals surface area contributed by atoms with Crippen LogP contribution in [0.5, 0.6) is 5.75 Å². The molecule has 2 amide bonds. The molecule has 0 bridgehead atoms. The minimum absolute atomic E-state index is 0.0387. The molecule has 1 aromatic carbocycles. The average Bonchev–Trinajstić information content (AvgIpc) is 2.81. The molecule has 0 saturated carbocycles. The van der Waals surface area contributed by atoms with Crippen LogP contribution in [0.15, 0.2) is 29.2 Å². The molecular weight excluding hydrogens is 462 g/mol. The Hall–Kier alpha value is -2.66. The van der Waals surface area contributed by atoms with E-state index in [4.69, 9.17) is 9.47 Å². The molecule has 0 unspecified atom stereocenters. The lowest BCUT2D eigenvalue weighted by molar-refractivity contribution is -0.156. The third-order valence-corrected chi connectivity index (χ3v) is 7.33. The molecule has 1 fully saturated rings. The number of esters is 1. The first kappa shape index (κ1) is 27.6. The number of hydrogen-bond donors (Lipinski definition) is 1. The second-order valence-electron chi connectivity index (χ2n) is 8.32. The van der Waals surface area contributed by atoms with E-state index in [0.29, 0.717) is 31.7 Å². The molecule has 1 saturated heterocycles. The van der Waals surface area contributed by atoms with Crippen molar-refractivity contribution in [2.75, 3.05) is 39.4 Å². The molecule has 34 heavy (non-hydrogen) atoms. The van der Waals surface area contributed by atoms with E-state index in [1.807, 2.05) is 20.8 Å². The SMILES string of the molecule is CCOc1ccc(S(=O)(=O)N2CCC(C(=O)OCC(=O)N(CC)CC(=O)NC(C)C)CC2)cc1. The first-order chi connectivity index (χ1) is 16.1. The lowest BCUT2D eigenvalue weighted by atomic mass is 9.98. The molecule has 0 aliphatic carbocycles. The lowest BCUT2D eigenvalue weighted by Crippen LogP contribution is -2.44. The van der Waals surface area contributed by atoms with Gasteiger partial charge in [0.1, 0.15) is 5.75 Å². The Kier molecular flexibility index (Phi) is 10.3. The fourth-order valence-corrected chi connectivity index (χ4v) is 5.08. The van der Waals surface area contributed by atoms with Gasteiger partial charge in [-0.2, -0.15) is 4.31 Å². The van der Waals surface area contributed by atoms with Crippen LogP contribution in [0.1, 0.15) is 40.5 Å². The van der Waals surface area contributed by atoms with Gasteiger partial charge < -0.3 is 19.7 Å². The molecule has 1 aromatic rings. The summed E-state index contributed by atoms with van der Waals surface area (Å²) in [7, 11) is -3.68. The third kappa shape index (κ3) is 7.69. The van der Waals surface area contributed by atoms with Gasteiger partial charge in [0.25, 0.3) is 5.91 Å². The number of sulfonamides is 1. The van der Waals surface area contributed by atoms with Crippen LogP contribution in [0.4, 0.5) is 0 Å². The molecule has 0 radical (unpaired) electrons. The van der Waals surface area contributed by atoms with Crippen LogP contribution in [-0.4, -0.2) is 80.8 Å². The number of carbonyl (C=O) groups excluding carboxylic acids is 3. The standard InChI is InChI=1S/C23H35N3O7S/c1-5-25(15-21(27)24-17(3)4)22(28)16-33-23(29)18-11-13-26(14-12-18)34(30,31)20-9-7-19(8-10-20)32-6-2/h7-10,17-18H,5-6,11-16H2,1-4H3,(H,24,27). The maximum absolute atomic E-state index is 12.9. The van der Waals surface area contributed by atoms with E-state index in [9.17, 15) is 22.8 Å². The van der Waals surface area contributed by atoms with Crippen molar-refractivity contribution < 1.29 is 32.3 Å². The number of nitrogens with one attached hydrogen (secondary N) is 1. The number of hydrogen-bond acceptors (Lipinski definition) is 7. The molecule has 0 aromatic heterocycles. The Labute approximate surface area is 201 Å². The normalized spacial score (nSPS) is 15.1. The summed E-state index contributed by atoms with van der Waals surface area (Å²) < 4.78 is 37.7. The maximum atomic E-state index is 12.9. The van der Waals surface area contributed by atoms with Crippen molar-refractivity contribution in [3.05, 3.63) is 24.3 Å². The first-order valence-corrected chi connectivity index (χ1v) is 13.0. The molecule has 0 atom stereocenters. The molecule has 1 N–H and O–H groups in total. The van der Waals surface area contributed by atoms with Crippen molar-refractivity contribution in [1.29, 1.82) is 0 Å². The van der Waals surface area contributed by atoms with Gasteiger partial charge >= 0.3 is 5.97 Å². The highest BCUT2D eigenvalue weighted by Gasteiger charge is 2.33. The van der Waals surface area contributed by atoms with Crippen molar-refractivity contribution in [1.82, 2.24) is 14.5 Å². The number of ether oxygens (including phenoxy) is 2. The topological polar surface area (TPSA) is 122 Å². The van der Waals surface area contributed by atoms with Crippen molar-refractivity contribution in [3.8, 4) is 5.75 Å². The summed E-state index contributed by atoms with van der Waals surface area (Å²) in [6.07, 6.45) is 0.606.